The summed E-state index contributed by atoms with van der Waals surface area (Å²) in [5, 5.41) is 10.1. The first kappa shape index (κ1) is 16.1. The Bertz CT molecular complexity index is 824. The maximum Gasteiger partial charge on any atom is 0.231 e. The number of nitrogens with zero attached hydrogens (tertiary/aromatic N) is 1. The summed E-state index contributed by atoms with van der Waals surface area (Å²) in [6.45, 7) is 0.481. The van der Waals surface area contributed by atoms with E-state index in [4.69, 9.17) is 9.47 Å². The van der Waals surface area contributed by atoms with Crippen molar-refractivity contribution in [3.8, 4) is 17.2 Å². The molecule has 1 heterocycles. The molecule has 0 saturated heterocycles. The molecular formula is C19H19NO4. The number of fused-ring (bicyclic) bond motifs is 1. The smallest absolute Gasteiger partial charge is 0.231 e. The number of hydrogen-bond acceptors (Lipinski definition) is 5. The normalized spacial score (nSPS) is 14.8. The van der Waals surface area contributed by atoms with Crippen molar-refractivity contribution in [2.24, 2.45) is 0 Å². The number of phenolic OH excluding ortho intramolecular Hbond substituents is 1. The van der Waals surface area contributed by atoms with Gasteiger partial charge in [0.15, 0.2) is 5.76 Å². The third-order valence-corrected chi connectivity index (χ3v) is 3.78. The van der Waals surface area contributed by atoms with E-state index in [0.29, 0.717) is 29.2 Å². The number of Topliss-reactive ketones (excluding diaryl/α,β-unsaturated/α-hetero) is 1. The predicted octanol–water partition coefficient (Wildman–Crippen LogP) is 3.08. The first-order valence-corrected chi connectivity index (χ1v) is 7.57. The molecule has 0 radical (unpaired) electrons. The number of carbonyl (C=O) groups excluding carboxylic acids is 1. The van der Waals surface area contributed by atoms with E-state index in [9.17, 15) is 9.90 Å². The van der Waals surface area contributed by atoms with Crippen molar-refractivity contribution in [2.45, 2.75) is 6.54 Å². The van der Waals surface area contributed by atoms with E-state index in [-0.39, 0.29) is 17.3 Å². The fourth-order valence-electron chi connectivity index (χ4n) is 2.65. The molecule has 1 aliphatic heterocycles. The minimum atomic E-state index is -0.187. The van der Waals surface area contributed by atoms with Gasteiger partial charge in [0.2, 0.25) is 5.78 Å². The van der Waals surface area contributed by atoms with E-state index in [0.717, 1.165) is 5.56 Å². The van der Waals surface area contributed by atoms with E-state index in [1.54, 1.807) is 19.3 Å². The van der Waals surface area contributed by atoms with Crippen LogP contribution in [0.2, 0.25) is 0 Å². The highest BCUT2D eigenvalue weighted by Crippen LogP contribution is 2.40. The second kappa shape index (κ2) is 6.37. The number of aromatic hydroxyl groups is 1. The van der Waals surface area contributed by atoms with Crippen molar-refractivity contribution in [3.63, 3.8) is 0 Å². The van der Waals surface area contributed by atoms with Crippen molar-refractivity contribution in [1.29, 1.82) is 0 Å². The average molecular weight is 325 g/mol. The molecule has 24 heavy (non-hydrogen) atoms. The van der Waals surface area contributed by atoms with Gasteiger partial charge in [0, 0.05) is 6.54 Å². The molecule has 0 amide bonds. The van der Waals surface area contributed by atoms with Crippen LogP contribution in [0.3, 0.4) is 0 Å². The molecule has 5 heteroatoms. The number of methoxy groups -OCH3 is 1. The zero-order valence-electron chi connectivity index (χ0n) is 13.9. The number of allylic oxidation sites excluding steroid dienone is 1. The summed E-state index contributed by atoms with van der Waals surface area (Å²) in [5.74, 6) is 1.32. The third kappa shape index (κ3) is 2.98. The number of carbonyl (C=O) groups is 1. The van der Waals surface area contributed by atoms with Gasteiger partial charge in [0.1, 0.15) is 17.2 Å². The topological polar surface area (TPSA) is 59.0 Å². The number of phenols is 1. The first-order valence-electron chi connectivity index (χ1n) is 7.57. The zero-order chi connectivity index (χ0) is 17.3. The van der Waals surface area contributed by atoms with Gasteiger partial charge < -0.3 is 19.5 Å². The van der Waals surface area contributed by atoms with Crippen LogP contribution in [0.15, 0.2) is 42.2 Å². The Balaban J connectivity index is 1.99. The average Bonchev–Trinajstić information content (AvgIpc) is 2.87. The minimum Gasteiger partial charge on any atom is -0.507 e. The van der Waals surface area contributed by atoms with Gasteiger partial charge in [-0.15, -0.1) is 0 Å². The van der Waals surface area contributed by atoms with Gasteiger partial charge in [0.05, 0.1) is 18.2 Å². The highest BCUT2D eigenvalue weighted by molar-refractivity contribution is 6.15. The molecule has 124 valence electrons. The Hall–Kier alpha value is -2.79. The van der Waals surface area contributed by atoms with Crippen LogP contribution in [0.5, 0.6) is 17.2 Å². The molecule has 0 atom stereocenters. The molecule has 5 nitrogen and oxygen atoms in total. The highest BCUT2D eigenvalue weighted by atomic mass is 16.5. The number of benzene rings is 2. The molecule has 3 rings (SSSR count). The summed E-state index contributed by atoms with van der Waals surface area (Å²) in [4.78, 5) is 14.5. The minimum absolute atomic E-state index is 0.123. The van der Waals surface area contributed by atoms with Crippen LogP contribution in [-0.4, -0.2) is 37.0 Å². The molecule has 1 N–H and O–H groups in total. The molecule has 0 bridgehead atoms. The van der Waals surface area contributed by atoms with E-state index < -0.39 is 0 Å². The standard InChI is InChI=1S/C19H19NO4/c1-20(2)11-15-16(21)8-7-14-18(22)17(24-19(14)15)10-12-5-4-6-13(9-12)23-3/h4-10,21H,11H2,1-3H3/b17-10-. The lowest BCUT2D eigenvalue weighted by Crippen LogP contribution is -2.11. The van der Waals surface area contributed by atoms with Crippen LogP contribution in [0.4, 0.5) is 0 Å². The Labute approximate surface area is 140 Å². The monoisotopic (exact) mass is 325 g/mol. The van der Waals surface area contributed by atoms with E-state index in [1.807, 2.05) is 43.3 Å². The van der Waals surface area contributed by atoms with Crippen LogP contribution in [-0.2, 0) is 6.54 Å². The van der Waals surface area contributed by atoms with Gasteiger partial charge >= 0.3 is 0 Å². The maximum absolute atomic E-state index is 12.6. The number of ether oxygens (including phenoxy) is 2. The molecule has 0 aliphatic carbocycles. The second-order valence-electron chi connectivity index (χ2n) is 5.89. The van der Waals surface area contributed by atoms with Gasteiger partial charge in [0.25, 0.3) is 0 Å². The van der Waals surface area contributed by atoms with Crippen LogP contribution in [0.1, 0.15) is 21.5 Å². The molecule has 2 aromatic carbocycles. The summed E-state index contributed by atoms with van der Waals surface area (Å²) < 4.78 is 11.0. The maximum atomic E-state index is 12.6. The number of ketones is 1. The molecule has 0 spiro atoms. The number of rotatable bonds is 4. The fourth-order valence-corrected chi connectivity index (χ4v) is 2.65. The quantitative estimate of drug-likeness (QED) is 0.876. The summed E-state index contributed by atoms with van der Waals surface area (Å²) in [6, 6.07) is 10.5. The van der Waals surface area contributed by atoms with E-state index in [1.165, 1.54) is 6.07 Å². The molecule has 0 unspecified atom stereocenters. The van der Waals surface area contributed by atoms with Crippen molar-refractivity contribution in [3.05, 3.63) is 58.8 Å². The summed E-state index contributed by atoms with van der Waals surface area (Å²) in [5.41, 5.74) is 1.89. The van der Waals surface area contributed by atoms with E-state index >= 15 is 0 Å². The Morgan fingerprint density at radius 1 is 1.25 bits per heavy atom. The lowest BCUT2D eigenvalue weighted by molar-refractivity contribution is 0.101. The van der Waals surface area contributed by atoms with Gasteiger partial charge in [-0.2, -0.15) is 0 Å². The van der Waals surface area contributed by atoms with Gasteiger partial charge in [-0.3, -0.25) is 4.79 Å². The lowest BCUT2D eigenvalue weighted by Gasteiger charge is -2.14. The van der Waals surface area contributed by atoms with Crippen molar-refractivity contribution >= 4 is 11.9 Å². The Morgan fingerprint density at radius 2 is 2.04 bits per heavy atom. The van der Waals surface area contributed by atoms with Gasteiger partial charge in [-0.25, -0.2) is 0 Å². The third-order valence-electron chi connectivity index (χ3n) is 3.78. The molecule has 1 aliphatic rings. The Morgan fingerprint density at radius 3 is 2.75 bits per heavy atom. The largest absolute Gasteiger partial charge is 0.507 e. The molecule has 0 aromatic heterocycles. The lowest BCUT2D eigenvalue weighted by atomic mass is 10.0. The Kier molecular flexibility index (Phi) is 4.27. The van der Waals surface area contributed by atoms with Gasteiger partial charge in [-0.1, -0.05) is 12.1 Å². The van der Waals surface area contributed by atoms with Crippen molar-refractivity contribution in [2.75, 3.05) is 21.2 Å². The summed E-state index contributed by atoms with van der Waals surface area (Å²) in [7, 11) is 5.38. The fraction of sp³-hybridized carbons (Fsp3) is 0.211. The van der Waals surface area contributed by atoms with Crippen molar-refractivity contribution < 1.29 is 19.4 Å². The van der Waals surface area contributed by atoms with Crippen LogP contribution in [0, 0.1) is 0 Å². The number of hydrogen-bond donors (Lipinski definition) is 1. The summed E-state index contributed by atoms with van der Waals surface area (Å²) in [6.07, 6.45) is 1.68. The van der Waals surface area contributed by atoms with Crippen molar-refractivity contribution in [1.82, 2.24) is 4.90 Å². The highest BCUT2D eigenvalue weighted by Gasteiger charge is 2.31. The zero-order valence-corrected chi connectivity index (χ0v) is 13.9. The van der Waals surface area contributed by atoms with E-state index in [2.05, 4.69) is 0 Å². The second-order valence-corrected chi connectivity index (χ2v) is 5.89. The van der Waals surface area contributed by atoms with Crippen LogP contribution >= 0.6 is 0 Å². The summed E-state index contributed by atoms with van der Waals surface area (Å²) >= 11 is 0. The molecule has 2 aromatic rings. The predicted molar refractivity (Wildman–Crippen MR) is 91.4 cm³/mol. The van der Waals surface area contributed by atoms with Crippen LogP contribution in [0.25, 0.3) is 6.08 Å². The first-order chi connectivity index (χ1) is 11.5. The molecule has 0 fully saturated rings. The SMILES string of the molecule is COc1cccc(/C=C2\Oc3c(ccc(O)c3CN(C)C)C2=O)c1. The molecule has 0 saturated carbocycles. The van der Waals surface area contributed by atoms with Gasteiger partial charge in [-0.05, 0) is 50.0 Å². The van der Waals surface area contributed by atoms with Crippen LogP contribution < -0.4 is 9.47 Å². The molecular weight excluding hydrogens is 306 g/mol.